The average molecular weight is 635 g/mol. The molecule has 2 heterocycles. The predicted octanol–water partition coefficient (Wildman–Crippen LogP) is 4.71. The van der Waals surface area contributed by atoms with Crippen LogP contribution in [-0.2, 0) is 38.2 Å². The fourth-order valence-corrected chi connectivity index (χ4v) is 5.76. The van der Waals surface area contributed by atoms with Crippen LogP contribution in [-0.4, -0.2) is 79.6 Å². The van der Waals surface area contributed by atoms with Crippen molar-refractivity contribution in [2.24, 2.45) is 11.1 Å². The Morgan fingerprint density at radius 1 is 0.978 bits per heavy atom. The minimum Gasteiger partial charge on any atom is -0.467 e. The van der Waals surface area contributed by atoms with Crippen LogP contribution < -0.4 is 0 Å². The number of ether oxygens (including phenoxy) is 4. The van der Waals surface area contributed by atoms with Crippen molar-refractivity contribution in [3.63, 3.8) is 0 Å². The monoisotopic (exact) mass is 634 g/mol. The zero-order valence-corrected chi connectivity index (χ0v) is 26.9. The lowest BCUT2D eigenvalue weighted by Crippen LogP contribution is -2.52. The molecule has 6 atom stereocenters. The van der Waals surface area contributed by atoms with E-state index in [2.05, 4.69) is 12.1 Å². The Labute approximate surface area is 269 Å². The summed E-state index contributed by atoms with van der Waals surface area (Å²) in [5.74, 6) is -1.42. The Hall–Kier alpha value is -4.51. The highest BCUT2D eigenvalue weighted by Crippen LogP contribution is 2.40. The second kappa shape index (κ2) is 16.2. The van der Waals surface area contributed by atoms with Gasteiger partial charge in [-0.25, -0.2) is 4.79 Å². The van der Waals surface area contributed by atoms with Crippen molar-refractivity contribution < 1.29 is 43.0 Å². The number of rotatable bonds is 11. The lowest BCUT2D eigenvalue weighted by atomic mass is 9.82. The van der Waals surface area contributed by atoms with Gasteiger partial charge in [-0.15, -0.1) is 0 Å². The topological polar surface area (TPSA) is 130 Å². The van der Waals surface area contributed by atoms with Crippen molar-refractivity contribution in [2.75, 3.05) is 20.3 Å². The number of nitrogens with zero attached hydrogens (tertiary/aromatic N) is 2. The first-order chi connectivity index (χ1) is 22.1. The number of carbonyl (C=O) groups excluding carboxylic acids is 4. The molecule has 2 aromatic carbocycles. The number of carbonyl (C=O) groups is 4. The van der Waals surface area contributed by atoms with Crippen molar-refractivity contribution in [1.82, 2.24) is 4.90 Å². The highest BCUT2D eigenvalue weighted by molar-refractivity contribution is 5.98. The van der Waals surface area contributed by atoms with E-state index < -0.39 is 36.2 Å². The molecule has 2 aromatic rings. The first-order valence-electron chi connectivity index (χ1n) is 15.4. The summed E-state index contributed by atoms with van der Waals surface area (Å²) in [4.78, 5) is 56.5. The normalized spacial score (nSPS) is 24.3. The minimum atomic E-state index is -0.679. The molecular formula is C35H42N2O9. The van der Waals surface area contributed by atoms with Crippen LogP contribution in [0, 0.1) is 12.8 Å². The van der Waals surface area contributed by atoms with Crippen LogP contribution in [0.4, 0.5) is 0 Å². The number of hydrogen-bond donors (Lipinski definition) is 0. The van der Waals surface area contributed by atoms with Crippen molar-refractivity contribution in [3.8, 4) is 0 Å². The summed E-state index contributed by atoms with van der Waals surface area (Å²) in [6.07, 6.45) is 5.20. The van der Waals surface area contributed by atoms with Gasteiger partial charge in [0.05, 0.1) is 25.5 Å². The lowest BCUT2D eigenvalue weighted by Gasteiger charge is -2.44. The average Bonchev–Trinajstić information content (AvgIpc) is 3.04. The molecule has 0 N–H and O–H groups in total. The van der Waals surface area contributed by atoms with Crippen molar-refractivity contribution in [2.45, 2.75) is 77.4 Å². The van der Waals surface area contributed by atoms with Crippen LogP contribution in [0.1, 0.15) is 73.1 Å². The van der Waals surface area contributed by atoms with Gasteiger partial charge in [-0.3, -0.25) is 14.4 Å². The second-order valence-electron chi connectivity index (χ2n) is 11.6. The van der Waals surface area contributed by atoms with Crippen LogP contribution in [0.3, 0.4) is 0 Å². The minimum absolute atomic E-state index is 0.0433. The number of aryl methyl sites for hydroxylation is 1. The Balaban J connectivity index is 1.37. The zero-order valence-electron chi connectivity index (χ0n) is 26.9. The Bertz CT molecular complexity index is 1420. The maximum atomic E-state index is 14.0. The summed E-state index contributed by atoms with van der Waals surface area (Å²) in [6.45, 7) is 6.92. The van der Waals surface area contributed by atoms with Crippen LogP contribution in [0.5, 0.6) is 0 Å². The summed E-state index contributed by atoms with van der Waals surface area (Å²) in [5, 5.41) is 4.04. The van der Waals surface area contributed by atoms with Gasteiger partial charge in [0.2, 0.25) is 0 Å². The van der Waals surface area contributed by atoms with Crippen molar-refractivity contribution in [3.05, 3.63) is 82.9 Å². The maximum Gasteiger partial charge on any atom is 0.328 e. The summed E-state index contributed by atoms with van der Waals surface area (Å²) >= 11 is 0. The summed E-state index contributed by atoms with van der Waals surface area (Å²) < 4.78 is 21.3. The lowest BCUT2D eigenvalue weighted by molar-refractivity contribution is -0.164. The van der Waals surface area contributed by atoms with E-state index in [-0.39, 0.29) is 37.2 Å². The number of benzene rings is 2. The summed E-state index contributed by atoms with van der Waals surface area (Å²) in [7, 11) is 1.35. The Morgan fingerprint density at radius 2 is 1.70 bits per heavy atom. The molecule has 0 radical (unpaired) electrons. The molecule has 246 valence electrons. The van der Waals surface area contributed by atoms with E-state index in [1.807, 2.05) is 31.2 Å². The molecule has 2 aliphatic rings. The number of methoxy groups -OCH3 is 1. The van der Waals surface area contributed by atoms with Gasteiger partial charge >= 0.3 is 17.9 Å². The molecule has 0 aromatic heterocycles. The molecule has 11 nitrogen and oxygen atoms in total. The third kappa shape index (κ3) is 9.03. The summed E-state index contributed by atoms with van der Waals surface area (Å²) in [5.41, 5.74) is 3.28. The largest absolute Gasteiger partial charge is 0.467 e. The van der Waals surface area contributed by atoms with Gasteiger partial charge in [0.15, 0.2) is 0 Å². The second-order valence-corrected chi connectivity index (χ2v) is 11.6. The third-order valence-corrected chi connectivity index (χ3v) is 8.11. The molecule has 1 fully saturated rings. The molecule has 4 rings (SSSR count). The molecule has 0 saturated carbocycles. The van der Waals surface area contributed by atoms with Gasteiger partial charge < -0.3 is 28.7 Å². The molecule has 1 saturated heterocycles. The van der Waals surface area contributed by atoms with Crippen LogP contribution in [0.2, 0.25) is 0 Å². The molecule has 46 heavy (non-hydrogen) atoms. The summed E-state index contributed by atoms with van der Waals surface area (Å²) in [6, 6.07) is 14.1. The Morgan fingerprint density at radius 3 is 2.35 bits per heavy atom. The molecule has 0 spiro atoms. The maximum absolute atomic E-state index is 14.0. The number of hydrogen-bond acceptors (Lipinski definition) is 10. The molecule has 11 heteroatoms. The molecular weight excluding hydrogens is 592 g/mol. The fraction of sp³-hybridized carbons (Fsp3) is 0.457. The van der Waals surface area contributed by atoms with Crippen molar-refractivity contribution >= 4 is 30.0 Å². The third-order valence-electron chi connectivity index (χ3n) is 8.11. The van der Waals surface area contributed by atoms with E-state index in [1.54, 1.807) is 47.5 Å². The van der Waals surface area contributed by atoms with Gasteiger partial charge in [0, 0.05) is 25.8 Å². The first kappa shape index (κ1) is 34.4. The van der Waals surface area contributed by atoms with Gasteiger partial charge in [0.25, 0.3) is 5.91 Å². The standard InChI is InChI=1S/C35H42N2O9/c1-22-6-11-27(12-7-22)33-23(2)8-16-30(35(41)42-5)37(33)34(40)28-13-9-26(10-14-28)20-36-44-19-18-29-15-17-31(45-25(4)39)32(46-29)21-43-24(3)38/h6-7,9-15,17,20,23,29-33H,8,16,18-19,21H2,1-5H3/b36-20+/t23-,29-,30-,31-,32+,33-/m0/s1. The van der Waals surface area contributed by atoms with E-state index in [0.29, 0.717) is 18.4 Å². The van der Waals surface area contributed by atoms with E-state index in [4.69, 9.17) is 23.8 Å². The highest BCUT2D eigenvalue weighted by atomic mass is 16.6. The van der Waals surface area contributed by atoms with E-state index >= 15 is 0 Å². The van der Waals surface area contributed by atoms with E-state index in [1.165, 1.54) is 21.0 Å². The predicted molar refractivity (Wildman–Crippen MR) is 169 cm³/mol. The number of likely N-dealkylation sites (tertiary alicyclic amines) is 1. The van der Waals surface area contributed by atoms with E-state index in [9.17, 15) is 19.2 Å². The zero-order chi connectivity index (χ0) is 33.2. The van der Waals surface area contributed by atoms with Gasteiger partial charge in [-0.2, -0.15) is 0 Å². The molecule has 0 unspecified atom stereocenters. The fourth-order valence-electron chi connectivity index (χ4n) is 5.76. The van der Waals surface area contributed by atoms with Gasteiger partial charge in [-0.1, -0.05) is 60.1 Å². The van der Waals surface area contributed by atoms with Gasteiger partial charge in [0.1, 0.15) is 31.5 Å². The van der Waals surface area contributed by atoms with Crippen molar-refractivity contribution in [1.29, 1.82) is 0 Å². The van der Waals surface area contributed by atoms with Crippen LogP contribution in [0.25, 0.3) is 0 Å². The smallest absolute Gasteiger partial charge is 0.328 e. The quantitative estimate of drug-likeness (QED) is 0.0862. The highest BCUT2D eigenvalue weighted by Gasteiger charge is 2.43. The first-order valence-corrected chi connectivity index (χ1v) is 15.4. The van der Waals surface area contributed by atoms with E-state index in [0.717, 1.165) is 23.1 Å². The molecule has 0 bridgehead atoms. The van der Waals surface area contributed by atoms with Crippen LogP contribution >= 0.6 is 0 Å². The Kier molecular flexibility index (Phi) is 12.1. The molecule has 0 aliphatic carbocycles. The molecule has 1 amide bonds. The number of piperidine rings is 1. The number of oxime groups is 1. The van der Waals surface area contributed by atoms with Gasteiger partial charge in [-0.05, 0) is 55.0 Å². The SMILES string of the molecule is COC(=O)[C@@H]1CC[C@H](C)[C@@H](c2ccc(C)cc2)N1C(=O)c1ccc(/C=N/OCC[C@@H]2C=C[C@H](OC(C)=O)[C@@H](COC(C)=O)O2)cc1. The number of esters is 3. The molecule has 2 aliphatic heterocycles. The van der Waals surface area contributed by atoms with Crippen LogP contribution in [0.15, 0.2) is 65.8 Å². The number of amides is 1.